The van der Waals surface area contributed by atoms with E-state index in [1.165, 1.54) is 7.11 Å². The van der Waals surface area contributed by atoms with Gasteiger partial charge in [0.15, 0.2) is 5.78 Å². The third kappa shape index (κ3) is 2.50. The Morgan fingerprint density at radius 1 is 1.31 bits per heavy atom. The molecule has 0 unspecified atom stereocenters. The second kappa shape index (κ2) is 6.23. The van der Waals surface area contributed by atoms with Crippen LogP contribution in [0.25, 0.3) is 0 Å². The number of nitrogens with one attached hydrogen (secondary N) is 1. The number of benzene rings is 1. The smallest absolute Gasteiger partial charge is 0.315 e. The topological polar surface area (TPSA) is 92.8 Å². The number of hydrogen-bond donors (Lipinski definition) is 1. The van der Waals surface area contributed by atoms with Gasteiger partial charge in [0, 0.05) is 29.8 Å². The van der Waals surface area contributed by atoms with Crippen molar-refractivity contribution in [3.05, 3.63) is 29.3 Å². The number of ketones is 1. The highest BCUT2D eigenvalue weighted by Gasteiger charge is 2.60. The molecule has 26 heavy (non-hydrogen) atoms. The van der Waals surface area contributed by atoms with E-state index in [4.69, 9.17) is 0 Å². The minimum Gasteiger partial charge on any atom is -0.469 e. The highest BCUT2D eigenvalue weighted by molar-refractivity contribution is 6.19. The number of Topliss-reactive ketones (excluding diaryl/α,β-unsaturated/α-hetero) is 1. The molecule has 2 amide bonds. The zero-order valence-electron chi connectivity index (χ0n) is 15.3. The number of carbonyl (C=O) groups excluding carboxylic acids is 4. The van der Waals surface area contributed by atoms with E-state index in [1.807, 2.05) is 12.1 Å². The molecule has 0 aromatic heterocycles. The van der Waals surface area contributed by atoms with E-state index in [0.29, 0.717) is 17.7 Å². The van der Waals surface area contributed by atoms with Crippen molar-refractivity contribution in [1.29, 1.82) is 0 Å². The van der Waals surface area contributed by atoms with Crippen LogP contribution >= 0.6 is 0 Å². The maximum atomic E-state index is 13.1. The van der Waals surface area contributed by atoms with Gasteiger partial charge in [-0.3, -0.25) is 24.1 Å². The van der Waals surface area contributed by atoms with Crippen molar-refractivity contribution < 1.29 is 23.9 Å². The summed E-state index contributed by atoms with van der Waals surface area (Å²) in [6.07, 6.45) is -0.00395. The summed E-state index contributed by atoms with van der Waals surface area (Å²) in [7, 11) is 2.91. The van der Waals surface area contributed by atoms with Crippen molar-refractivity contribution in [3.63, 3.8) is 0 Å². The number of fused-ring (bicyclic) bond motifs is 2. The van der Waals surface area contributed by atoms with Crippen LogP contribution in [0.4, 0.5) is 5.69 Å². The third-order valence-corrected chi connectivity index (χ3v) is 5.53. The highest BCUT2D eigenvalue weighted by Crippen LogP contribution is 2.47. The normalized spacial score (nSPS) is 23.3. The second-order valence-corrected chi connectivity index (χ2v) is 7.22. The number of anilines is 1. The van der Waals surface area contributed by atoms with Crippen LogP contribution in [0.15, 0.2) is 18.2 Å². The number of carbonyl (C=O) groups is 4. The number of likely N-dealkylation sites (tertiary alicyclic amines) is 1. The molecule has 2 aliphatic rings. The first kappa shape index (κ1) is 18.1. The number of esters is 1. The molecule has 1 aromatic carbocycles. The molecule has 0 saturated carbocycles. The zero-order chi connectivity index (χ0) is 19.2. The van der Waals surface area contributed by atoms with Gasteiger partial charge in [-0.05, 0) is 31.9 Å². The highest BCUT2D eigenvalue weighted by atomic mass is 16.5. The lowest BCUT2D eigenvalue weighted by atomic mass is 9.70. The van der Waals surface area contributed by atoms with E-state index >= 15 is 0 Å². The predicted molar refractivity (Wildman–Crippen MR) is 93.6 cm³/mol. The molecule has 1 aromatic rings. The van der Waals surface area contributed by atoms with Gasteiger partial charge in [-0.2, -0.15) is 0 Å². The summed E-state index contributed by atoms with van der Waals surface area (Å²) in [5, 5.41) is 2.99. The molecule has 7 nitrogen and oxygen atoms in total. The number of ether oxygens (including phenoxy) is 1. The van der Waals surface area contributed by atoms with Crippen molar-refractivity contribution >= 4 is 29.3 Å². The monoisotopic (exact) mass is 358 g/mol. The van der Waals surface area contributed by atoms with Crippen molar-refractivity contribution in [3.8, 4) is 0 Å². The second-order valence-electron chi connectivity index (χ2n) is 7.22. The molecule has 0 spiro atoms. The molecule has 0 bridgehead atoms. The van der Waals surface area contributed by atoms with E-state index in [9.17, 15) is 19.2 Å². The third-order valence-electron chi connectivity index (χ3n) is 5.53. The first-order valence-corrected chi connectivity index (χ1v) is 8.51. The van der Waals surface area contributed by atoms with Gasteiger partial charge in [0.2, 0.25) is 11.8 Å². The van der Waals surface area contributed by atoms with Crippen LogP contribution in [0.3, 0.4) is 0 Å². The van der Waals surface area contributed by atoms with Crippen LogP contribution in [0.5, 0.6) is 0 Å². The van der Waals surface area contributed by atoms with Gasteiger partial charge in [-0.15, -0.1) is 0 Å². The maximum absolute atomic E-state index is 13.1. The lowest BCUT2D eigenvalue weighted by Crippen LogP contribution is -2.48. The lowest BCUT2D eigenvalue weighted by Gasteiger charge is -2.36. The number of amides is 2. The molecule has 1 aliphatic carbocycles. The van der Waals surface area contributed by atoms with E-state index in [-0.39, 0.29) is 11.7 Å². The fourth-order valence-corrected chi connectivity index (χ4v) is 4.21. The molecule has 3 rings (SSSR count). The summed E-state index contributed by atoms with van der Waals surface area (Å²) in [6, 6.07) is 5.54. The van der Waals surface area contributed by atoms with Crippen LogP contribution in [-0.4, -0.2) is 48.2 Å². The summed E-state index contributed by atoms with van der Waals surface area (Å²) in [4.78, 5) is 51.3. The Kier molecular flexibility index (Phi) is 4.34. The number of rotatable bonds is 3. The average molecular weight is 358 g/mol. The number of methoxy groups -OCH3 is 1. The van der Waals surface area contributed by atoms with Gasteiger partial charge < -0.3 is 10.1 Å². The Morgan fingerprint density at radius 3 is 2.62 bits per heavy atom. The molecule has 1 heterocycles. The maximum Gasteiger partial charge on any atom is 0.315 e. The Bertz CT molecular complexity index is 814. The van der Waals surface area contributed by atoms with Crippen molar-refractivity contribution in [2.45, 2.75) is 32.2 Å². The molecule has 7 heteroatoms. The first-order valence-electron chi connectivity index (χ1n) is 8.51. The summed E-state index contributed by atoms with van der Waals surface area (Å²) in [6.45, 7) is 3.54. The molecule has 2 atom stereocenters. The quantitative estimate of drug-likeness (QED) is 0.649. The Morgan fingerprint density at radius 2 is 2.00 bits per heavy atom. The van der Waals surface area contributed by atoms with Crippen LogP contribution in [0, 0.1) is 11.8 Å². The molecular formula is C19H22N2O5. The Balaban J connectivity index is 2.02. The van der Waals surface area contributed by atoms with Gasteiger partial charge >= 0.3 is 5.97 Å². The SMILES string of the molecule is CNc1cccc2c1C(=O)[C@@H]1C(=O)N(C(=O)CC(=O)OC)C(C)(C)[C@@H]1C2. The number of nitrogens with zero attached hydrogens (tertiary/aromatic N) is 1. The molecule has 1 saturated heterocycles. The van der Waals surface area contributed by atoms with Crippen LogP contribution in [-0.2, 0) is 25.5 Å². The van der Waals surface area contributed by atoms with Crippen LogP contribution in [0.2, 0.25) is 0 Å². The number of imide groups is 1. The predicted octanol–water partition coefficient (Wildman–Crippen LogP) is 1.41. The fraction of sp³-hybridized carbons (Fsp3) is 0.474. The molecular weight excluding hydrogens is 336 g/mol. The first-order chi connectivity index (χ1) is 12.2. The van der Waals surface area contributed by atoms with E-state index in [2.05, 4.69) is 10.1 Å². The fourth-order valence-electron chi connectivity index (χ4n) is 4.21. The summed E-state index contributed by atoms with van der Waals surface area (Å²) >= 11 is 0. The number of hydrogen-bond acceptors (Lipinski definition) is 6. The van der Waals surface area contributed by atoms with Gasteiger partial charge in [-0.25, -0.2) is 0 Å². The van der Waals surface area contributed by atoms with Gasteiger partial charge in [-0.1, -0.05) is 12.1 Å². The van der Waals surface area contributed by atoms with Crippen molar-refractivity contribution in [2.75, 3.05) is 19.5 Å². The molecule has 1 aliphatic heterocycles. The summed E-state index contributed by atoms with van der Waals surface area (Å²) in [5.74, 6) is -3.38. The van der Waals surface area contributed by atoms with Crippen molar-refractivity contribution in [1.82, 2.24) is 4.90 Å². The lowest BCUT2D eigenvalue weighted by molar-refractivity contribution is -0.152. The Labute approximate surface area is 151 Å². The van der Waals surface area contributed by atoms with Gasteiger partial charge in [0.25, 0.3) is 0 Å². The molecule has 0 radical (unpaired) electrons. The molecule has 138 valence electrons. The van der Waals surface area contributed by atoms with E-state index < -0.39 is 35.7 Å². The summed E-state index contributed by atoms with van der Waals surface area (Å²) in [5.41, 5.74) is 1.19. The van der Waals surface area contributed by atoms with Gasteiger partial charge in [0.05, 0.1) is 7.11 Å². The average Bonchev–Trinajstić information content (AvgIpc) is 2.80. The van der Waals surface area contributed by atoms with Crippen LogP contribution < -0.4 is 5.32 Å². The minimum absolute atomic E-state index is 0.271. The standard InChI is InChI=1S/C19H22N2O5/c1-19(2)11-8-10-6-5-7-12(20-3)15(10)17(24)16(11)18(25)21(19)13(22)9-14(23)26-4/h5-7,11,16,20H,8-9H2,1-4H3/t11-,16-/m1/s1. The Hall–Kier alpha value is -2.70. The zero-order valence-corrected chi connectivity index (χ0v) is 15.3. The van der Waals surface area contributed by atoms with Crippen molar-refractivity contribution in [2.24, 2.45) is 11.8 Å². The summed E-state index contributed by atoms with van der Waals surface area (Å²) < 4.78 is 4.53. The van der Waals surface area contributed by atoms with Crippen LogP contribution in [0.1, 0.15) is 36.2 Å². The minimum atomic E-state index is -0.909. The largest absolute Gasteiger partial charge is 0.469 e. The van der Waals surface area contributed by atoms with Gasteiger partial charge in [0.1, 0.15) is 12.3 Å². The molecule has 1 N–H and O–H groups in total. The van der Waals surface area contributed by atoms with E-state index in [0.717, 1.165) is 10.5 Å². The van der Waals surface area contributed by atoms with E-state index in [1.54, 1.807) is 27.0 Å². The molecule has 1 fully saturated rings.